The minimum absolute atomic E-state index is 0.0140. The van der Waals surface area contributed by atoms with E-state index in [1.807, 2.05) is 36.4 Å². The third kappa shape index (κ3) is 3.79. The van der Waals surface area contributed by atoms with E-state index in [9.17, 15) is 9.59 Å². The van der Waals surface area contributed by atoms with Crippen molar-refractivity contribution in [2.75, 3.05) is 40.3 Å². The van der Waals surface area contributed by atoms with E-state index >= 15 is 0 Å². The number of hydrogen-bond acceptors (Lipinski definition) is 3. The maximum atomic E-state index is 12.8. The molecule has 0 saturated carbocycles. The summed E-state index contributed by atoms with van der Waals surface area (Å²) in [6, 6.07) is 11.7. The summed E-state index contributed by atoms with van der Waals surface area (Å²) in [5, 5.41) is 0. The van der Waals surface area contributed by atoms with Crippen molar-refractivity contribution in [3.05, 3.63) is 54.4 Å². The van der Waals surface area contributed by atoms with Crippen molar-refractivity contribution in [2.45, 2.75) is 0 Å². The second kappa shape index (κ2) is 7.34. The monoisotopic (exact) mass is 338 g/mol. The molecule has 0 radical (unpaired) electrons. The first-order valence-electron chi connectivity index (χ1n) is 8.32. The van der Waals surface area contributed by atoms with Gasteiger partial charge < -0.3 is 14.7 Å². The van der Waals surface area contributed by atoms with Crippen molar-refractivity contribution >= 4 is 11.9 Å². The smallest absolute Gasteiger partial charge is 0.319 e. The number of urea groups is 1. The fourth-order valence-corrected chi connectivity index (χ4v) is 2.91. The highest BCUT2D eigenvalue weighted by Gasteiger charge is 2.25. The van der Waals surface area contributed by atoms with Gasteiger partial charge in [-0.05, 0) is 11.6 Å². The summed E-state index contributed by atoms with van der Waals surface area (Å²) in [4.78, 5) is 34.1. The van der Waals surface area contributed by atoms with Gasteiger partial charge in [0.25, 0.3) is 5.91 Å². The second-order valence-electron chi connectivity index (χ2n) is 6.28. The molecule has 1 aromatic carbocycles. The van der Waals surface area contributed by atoms with Gasteiger partial charge in [-0.2, -0.15) is 0 Å². The number of nitrogens with zero attached hydrogens (tertiary/aromatic N) is 4. The molecule has 0 bridgehead atoms. The van der Waals surface area contributed by atoms with Crippen molar-refractivity contribution in [3.63, 3.8) is 0 Å². The molecule has 3 rings (SSSR count). The van der Waals surface area contributed by atoms with Crippen LogP contribution in [0.15, 0.2) is 48.8 Å². The third-order valence-electron chi connectivity index (χ3n) is 4.31. The van der Waals surface area contributed by atoms with Crippen LogP contribution in [0.3, 0.4) is 0 Å². The quantitative estimate of drug-likeness (QED) is 0.843. The first kappa shape index (κ1) is 17.0. The standard InChI is InChI=1S/C19H22N4O2/c1-21(2)19(25)23-10-8-22(9-11-23)18(24)17-12-16(13-20-14-17)15-6-4-3-5-7-15/h3-7,12-14H,8-11H2,1-2H3. The predicted molar refractivity (Wildman–Crippen MR) is 96.2 cm³/mol. The Balaban J connectivity index is 1.69. The van der Waals surface area contributed by atoms with Gasteiger partial charge in [-0.15, -0.1) is 0 Å². The van der Waals surface area contributed by atoms with Crippen LogP contribution in [-0.4, -0.2) is 71.9 Å². The van der Waals surface area contributed by atoms with E-state index in [0.717, 1.165) is 11.1 Å². The van der Waals surface area contributed by atoms with Gasteiger partial charge in [-0.25, -0.2) is 4.79 Å². The van der Waals surface area contributed by atoms with Gasteiger partial charge in [0.15, 0.2) is 0 Å². The summed E-state index contributed by atoms with van der Waals surface area (Å²) in [5.74, 6) is -0.0396. The molecule has 0 atom stereocenters. The van der Waals surface area contributed by atoms with Gasteiger partial charge in [-0.1, -0.05) is 30.3 Å². The molecule has 1 saturated heterocycles. The van der Waals surface area contributed by atoms with Crippen LogP contribution in [0.1, 0.15) is 10.4 Å². The Morgan fingerprint density at radius 1 is 0.920 bits per heavy atom. The van der Waals surface area contributed by atoms with E-state index in [2.05, 4.69) is 4.98 Å². The highest BCUT2D eigenvalue weighted by Crippen LogP contribution is 2.20. The molecule has 25 heavy (non-hydrogen) atoms. The molecule has 2 aromatic rings. The summed E-state index contributed by atoms with van der Waals surface area (Å²) in [6.07, 6.45) is 3.37. The third-order valence-corrected chi connectivity index (χ3v) is 4.31. The first-order valence-corrected chi connectivity index (χ1v) is 8.32. The fraction of sp³-hybridized carbons (Fsp3) is 0.316. The van der Waals surface area contributed by atoms with Crippen LogP contribution >= 0.6 is 0 Å². The lowest BCUT2D eigenvalue weighted by molar-refractivity contribution is 0.0650. The molecule has 0 unspecified atom stereocenters. The minimum Gasteiger partial charge on any atom is -0.335 e. The lowest BCUT2D eigenvalue weighted by Gasteiger charge is -2.36. The molecule has 0 aliphatic carbocycles. The lowest BCUT2D eigenvalue weighted by atomic mass is 10.1. The zero-order valence-electron chi connectivity index (χ0n) is 14.6. The lowest BCUT2D eigenvalue weighted by Crippen LogP contribution is -2.52. The predicted octanol–water partition coefficient (Wildman–Crippen LogP) is 2.19. The van der Waals surface area contributed by atoms with E-state index < -0.39 is 0 Å². The molecule has 6 heteroatoms. The first-order chi connectivity index (χ1) is 12.1. The topological polar surface area (TPSA) is 56.8 Å². The Kier molecular flexibility index (Phi) is 4.97. The number of benzene rings is 1. The van der Waals surface area contributed by atoms with Crippen molar-refractivity contribution in [1.82, 2.24) is 19.7 Å². The highest BCUT2D eigenvalue weighted by atomic mass is 16.2. The van der Waals surface area contributed by atoms with Gasteiger partial charge in [0, 0.05) is 58.2 Å². The number of hydrogen-bond donors (Lipinski definition) is 0. The number of pyridine rings is 1. The van der Waals surface area contributed by atoms with Crippen molar-refractivity contribution in [3.8, 4) is 11.1 Å². The Morgan fingerprint density at radius 3 is 2.20 bits per heavy atom. The molecule has 6 nitrogen and oxygen atoms in total. The van der Waals surface area contributed by atoms with Crippen molar-refractivity contribution in [1.29, 1.82) is 0 Å². The molecular formula is C19H22N4O2. The maximum Gasteiger partial charge on any atom is 0.319 e. The number of piperazine rings is 1. The Hall–Kier alpha value is -2.89. The van der Waals surface area contributed by atoms with Crippen LogP contribution in [0.25, 0.3) is 11.1 Å². The molecule has 2 heterocycles. The number of carbonyl (C=O) groups is 2. The Morgan fingerprint density at radius 2 is 1.56 bits per heavy atom. The number of aromatic nitrogens is 1. The molecule has 0 N–H and O–H groups in total. The van der Waals surface area contributed by atoms with Crippen LogP contribution in [0.2, 0.25) is 0 Å². The number of carbonyl (C=O) groups excluding carboxylic acids is 2. The van der Waals surface area contributed by atoms with Gasteiger partial charge in [-0.3, -0.25) is 9.78 Å². The normalized spacial score (nSPS) is 14.3. The molecule has 1 aromatic heterocycles. The Labute approximate surface area is 147 Å². The molecule has 1 aliphatic heterocycles. The summed E-state index contributed by atoms with van der Waals surface area (Å²) >= 11 is 0. The summed E-state index contributed by atoms with van der Waals surface area (Å²) < 4.78 is 0. The molecule has 3 amide bonds. The maximum absolute atomic E-state index is 12.8. The average Bonchev–Trinajstić information content (AvgIpc) is 2.67. The van der Waals surface area contributed by atoms with Crippen molar-refractivity contribution in [2.24, 2.45) is 0 Å². The number of amides is 3. The zero-order chi connectivity index (χ0) is 17.8. The van der Waals surface area contributed by atoms with Crippen LogP contribution in [0.5, 0.6) is 0 Å². The average molecular weight is 338 g/mol. The fourth-order valence-electron chi connectivity index (χ4n) is 2.91. The van der Waals surface area contributed by atoms with E-state index in [4.69, 9.17) is 0 Å². The van der Waals surface area contributed by atoms with Gasteiger partial charge in [0.05, 0.1) is 5.56 Å². The summed E-state index contributed by atoms with van der Waals surface area (Å²) in [5.41, 5.74) is 2.53. The molecular weight excluding hydrogens is 316 g/mol. The van der Waals surface area contributed by atoms with Gasteiger partial charge in [0.1, 0.15) is 0 Å². The second-order valence-corrected chi connectivity index (χ2v) is 6.28. The highest BCUT2D eigenvalue weighted by molar-refractivity contribution is 5.95. The van der Waals surface area contributed by atoms with E-state index in [-0.39, 0.29) is 11.9 Å². The number of rotatable bonds is 2. The molecule has 0 spiro atoms. The SMILES string of the molecule is CN(C)C(=O)N1CCN(C(=O)c2cncc(-c3ccccc3)c2)CC1. The van der Waals surface area contributed by atoms with Crippen LogP contribution in [-0.2, 0) is 0 Å². The molecule has 1 aliphatic rings. The van der Waals surface area contributed by atoms with E-state index in [1.54, 1.807) is 41.2 Å². The van der Waals surface area contributed by atoms with E-state index in [0.29, 0.717) is 31.7 Å². The summed E-state index contributed by atoms with van der Waals surface area (Å²) in [6.45, 7) is 2.17. The molecule has 130 valence electrons. The van der Waals surface area contributed by atoms with Gasteiger partial charge >= 0.3 is 6.03 Å². The zero-order valence-corrected chi connectivity index (χ0v) is 14.6. The van der Waals surface area contributed by atoms with Crippen LogP contribution in [0, 0.1) is 0 Å². The van der Waals surface area contributed by atoms with Crippen molar-refractivity contribution < 1.29 is 9.59 Å². The Bertz CT molecular complexity index is 753. The summed E-state index contributed by atoms with van der Waals surface area (Å²) in [7, 11) is 3.47. The van der Waals surface area contributed by atoms with Gasteiger partial charge in [0.2, 0.25) is 0 Å². The largest absolute Gasteiger partial charge is 0.335 e. The molecule has 1 fully saturated rings. The van der Waals surface area contributed by atoms with Crippen LogP contribution < -0.4 is 0 Å². The minimum atomic E-state index is -0.0396. The van der Waals surface area contributed by atoms with Crippen LogP contribution in [0.4, 0.5) is 4.79 Å². The van der Waals surface area contributed by atoms with E-state index in [1.165, 1.54) is 0 Å².